The second-order valence-electron chi connectivity index (χ2n) is 4.44. The number of nitrogens with zero attached hydrogens (tertiary/aromatic N) is 4. The van der Waals surface area contributed by atoms with Gasteiger partial charge in [-0.2, -0.15) is 10.2 Å². The van der Waals surface area contributed by atoms with Crippen LogP contribution in [0, 0.1) is 27.7 Å². The zero-order chi connectivity index (χ0) is 13.4. The molecular formula is C12H15N4S2-. The van der Waals surface area contributed by atoms with Crippen LogP contribution in [0.15, 0.2) is 12.1 Å². The molecule has 0 aliphatic rings. The highest BCUT2D eigenvalue weighted by Crippen LogP contribution is 2.18. The van der Waals surface area contributed by atoms with Crippen molar-refractivity contribution in [1.29, 1.82) is 0 Å². The van der Waals surface area contributed by atoms with Gasteiger partial charge in [-0.25, -0.2) is 9.36 Å². The fourth-order valence-electron chi connectivity index (χ4n) is 2.09. The molecule has 0 aromatic carbocycles. The first-order valence-electron chi connectivity index (χ1n) is 5.66. The molecule has 2 heterocycles. The number of rotatable bonds is 3. The van der Waals surface area contributed by atoms with Crippen LogP contribution in [0.3, 0.4) is 0 Å². The molecule has 0 radical (unpaired) electrons. The van der Waals surface area contributed by atoms with E-state index in [9.17, 15) is 0 Å². The first-order chi connectivity index (χ1) is 8.40. The van der Waals surface area contributed by atoms with Gasteiger partial charge in [0.2, 0.25) is 0 Å². The van der Waals surface area contributed by atoms with Gasteiger partial charge < -0.3 is 24.8 Å². The van der Waals surface area contributed by atoms with Crippen LogP contribution >= 0.6 is 12.2 Å². The van der Waals surface area contributed by atoms with E-state index in [1.165, 1.54) is 0 Å². The summed E-state index contributed by atoms with van der Waals surface area (Å²) in [4.78, 5) is 0. The van der Waals surface area contributed by atoms with E-state index in [-0.39, 0.29) is 6.17 Å². The van der Waals surface area contributed by atoms with Crippen LogP contribution in [0.1, 0.15) is 28.9 Å². The molecule has 0 saturated heterocycles. The SMILES string of the molecule is Cc1cc(C)n(C(C(=S)[S-])n2nc(C)cc2C)n1. The van der Waals surface area contributed by atoms with Gasteiger partial charge in [0.05, 0.1) is 11.4 Å². The molecule has 0 fully saturated rings. The molecule has 18 heavy (non-hydrogen) atoms. The van der Waals surface area contributed by atoms with Crippen molar-refractivity contribution in [2.24, 2.45) is 0 Å². The van der Waals surface area contributed by atoms with Crippen LogP contribution in [0.25, 0.3) is 0 Å². The zero-order valence-electron chi connectivity index (χ0n) is 10.8. The van der Waals surface area contributed by atoms with Crippen molar-refractivity contribution < 1.29 is 0 Å². The van der Waals surface area contributed by atoms with E-state index in [0.29, 0.717) is 4.20 Å². The maximum Gasteiger partial charge on any atom is 0.151 e. The summed E-state index contributed by atoms with van der Waals surface area (Å²) in [7, 11) is 0. The Bertz CT molecular complexity index is 551. The van der Waals surface area contributed by atoms with Crippen LogP contribution in [-0.4, -0.2) is 23.8 Å². The number of aryl methyl sites for hydroxylation is 4. The van der Waals surface area contributed by atoms with Crippen LogP contribution in [0.2, 0.25) is 0 Å². The average molecular weight is 279 g/mol. The number of hydrogen-bond donors (Lipinski definition) is 0. The fraction of sp³-hybridized carbons (Fsp3) is 0.417. The molecule has 0 amide bonds. The van der Waals surface area contributed by atoms with E-state index in [2.05, 4.69) is 10.2 Å². The van der Waals surface area contributed by atoms with Gasteiger partial charge in [-0.15, -0.1) is 4.20 Å². The minimum absolute atomic E-state index is 0.308. The lowest BCUT2D eigenvalue weighted by Crippen LogP contribution is -2.28. The highest BCUT2D eigenvalue weighted by molar-refractivity contribution is 8.00. The summed E-state index contributed by atoms with van der Waals surface area (Å²) in [6, 6.07) is 4.01. The summed E-state index contributed by atoms with van der Waals surface area (Å²) in [6.45, 7) is 7.89. The third kappa shape index (κ3) is 2.30. The number of hydrogen-bond acceptors (Lipinski definition) is 4. The van der Waals surface area contributed by atoms with Gasteiger partial charge in [-0.3, -0.25) is 0 Å². The molecule has 0 unspecified atom stereocenters. The van der Waals surface area contributed by atoms with Crippen LogP contribution < -0.4 is 0 Å². The van der Waals surface area contributed by atoms with Gasteiger partial charge in [0.1, 0.15) is 0 Å². The molecule has 2 aromatic heterocycles. The second kappa shape index (κ2) is 4.78. The van der Waals surface area contributed by atoms with E-state index < -0.39 is 0 Å². The predicted octanol–water partition coefficient (Wildman–Crippen LogP) is 2.23. The first kappa shape index (κ1) is 13.2. The molecule has 0 N–H and O–H groups in total. The van der Waals surface area contributed by atoms with Crippen LogP contribution in [-0.2, 0) is 12.6 Å². The van der Waals surface area contributed by atoms with Crippen molar-refractivity contribution in [3.8, 4) is 0 Å². The van der Waals surface area contributed by atoms with Crippen molar-refractivity contribution >= 4 is 29.0 Å². The van der Waals surface area contributed by atoms with Gasteiger partial charge in [-0.1, -0.05) is 0 Å². The van der Waals surface area contributed by atoms with Crippen LogP contribution in [0.5, 0.6) is 0 Å². The van der Waals surface area contributed by atoms with Gasteiger partial charge in [0.15, 0.2) is 6.17 Å². The normalized spacial score (nSPS) is 11.2. The topological polar surface area (TPSA) is 35.6 Å². The van der Waals surface area contributed by atoms with Gasteiger partial charge in [-0.05, 0) is 39.8 Å². The largest absolute Gasteiger partial charge is 0.429 e. The lowest BCUT2D eigenvalue weighted by molar-refractivity contribution is 0.445. The van der Waals surface area contributed by atoms with Gasteiger partial charge >= 0.3 is 0 Å². The third-order valence-electron chi connectivity index (χ3n) is 2.76. The number of aromatic nitrogens is 4. The summed E-state index contributed by atoms with van der Waals surface area (Å²) in [6.07, 6.45) is -0.308. The van der Waals surface area contributed by atoms with E-state index in [1.54, 1.807) is 0 Å². The first-order valence-corrected chi connectivity index (χ1v) is 6.48. The molecule has 2 aromatic rings. The molecular weight excluding hydrogens is 264 g/mol. The average Bonchev–Trinajstić information content (AvgIpc) is 2.71. The smallest absolute Gasteiger partial charge is 0.151 e. The van der Waals surface area contributed by atoms with Crippen LogP contribution in [0.4, 0.5) is 0 Å². The molecule has 96 valence electrons. The predicted molar refractivity (Wildman–Crippen MR) is 77.8 cm³/mol. The molecule has 2 rings (SSSR count). The Morgan fingerprint density at radius 1 is 1.06 bits per heavy atom. The van der Waals surface area contributed by atoms with Crippen molar-refractivity contribution in [2.45, 2.75) is 33.9 Å². The van der Waals surface area contributed by atoms with Gasteiger partial charge in [0.25, 0.3) is 0 Å². The molecule has 0 aliphatic carbocycles. The summed E-state index contributed by atoms with van der Waals surface area (Å²) >= 11 is 10.4. The Morgan fingerprint density at radius 2 is 1.44 bits per heavy atom. The van der Waals surface area contributed by atoms with Gasteiger partial charge in [0, 0.05) is 11.4 Å². The summed E-state index contributed by atoms with van der Waals surface area (Å²) < 4.78 is 4.11. The third-order valence-corrected chi connectivity index (χ3v) is 3.19. The Balaban J connectivity index is 2.57. The molecule has 0 spiro atoms. The molecule has 0 atom stereocenters. The maximum atomic E-state index is 5.21. The van der Waals surface area contributed by atoms with Crippen molar-refractivity contribution in [2.75, 3.05) is 0 Å². The Hall–Kier alpha value is -1.27. The van der Waals surface area contributed by atoms with Crippen molar-refractivity contribution in [3.05, 3.63) is 34.9 Å². The quantitative estimate of drug-likeness (QED) is 0.637. The lowest BCUT2D eigenvalue weighted by atomic mass is 10.4. The zero-order valence-corrected chi connectivity index (χ0v) is 12.5. The Kier molecular flexibility index (Phi) is 3.49. The Morgan fingerprint density at radius 3 is 1.67 bits per heavy atom. The van der Waals surface area contributed by atoms with E-state index in [1.807, 2.05) is 49.2 Å². The van der Waals surface area contributed by atoms with Crippen molar-refractivity contribution in [1.82, 2.24) is 19.6 Å². The molecule has 4 nitrogen and oxygen atoms in total. The molecule has 6 heteroatoms. The molecule has 0 bridgehead atoms. The van der Waals surface area contributed by atoms with Crippen molar-refractivity contribution in [3.63, 3.8) is 0 Å². The maximum absolute atomic E-state index is 5.21. The Labute approximate surface area is 117 Å². The van der Waals surface area contributed by atoms with E-state index >= 15 is 0 Å². The fourth-order valence-corrected chi connectivity index (χ4v) is 2.49. The monoisotopic (exact) mass is 279 g/mol. The second-order valence-corrected chi connectivity index (χ2v) is 5.57. The highest BCUT2D eigenvalue weighted by atomic mass is 32.1. The lowest BCUT2D eigenvalue weighted by Gasteiger charge is -2.24. The molecule has 0 aliphatic heterocycles. The minimum Gasteiger partial charge on any atom is -0.429 e. The highest BCUT2D eigenvalue weighted by Gasteiger charge is 2.17. The van der Waals surface area contributed by atoms with E-state index in [0.717, 1.165) is 22.8 Å². The molecule has 0 saturated carbocycles. The minimum atomic E-state index is -0.308. The summed E-state index contributed by atoms with van der Waals surface area (Å²) in [5.74, 6) is 0. The summed E-state index contributed by atoms with van der Waals surface area (Å²) in [5.41, 5.74) is 3.95. The standard InChI is InChI=1S/C12H16N4S2/c1-7-5-9(3)15(13-7)11(12(17)18)16-10(4)6-8(2)14-16/h5-6,11H,1-4H3,(H,17,18)/p-1. The van der Waals surface area contributed by atoms with E-state index in [4.69, 9.17) is 24.8 Å². The number of thiocarbonyl (C=S) groups is 1. The summed E-state index contributed by atoms with van der Waals surface area (Å²) in [5, 5.41) is 8.92.